The predicted molar refractivity (Wildman–Crippen MR) is 136 cm³/mol. The second-order valence-corrected chi connectivity index (χ2v) is 9.39. The van der Waals surface area contributed by atoms with E-state index in [-0.39, 0.29) is 0 Å². The molecule has 2 aliphatic heterocycles. The lowest BCUT2D eigenvalue weighted by Crippen LogP contribution is -2.46. The Hall–Kier alpha value is -2.89. The SMILES string of the molecule is CNN1C(=CN)C=CC2=C(CCN3CCC(c4cccc5nc(C)ccc45)CC3)C=CCC21. The maximum atomic E-state index is 5.83. The predicted octanol–water partition coefficient (Wildman–Crippen LogP) is 4.54. The quantitative estimate of drug-likeness (QED) is 0.713. The highest BCUT2D eigenvalue weighted by Gasteiger charge is 2.28. The summed E-state index contributed by atoms with van der Waals surface area (Å²) in [4.78, 5) is 7.38. The molecule has 172 valence electrons. The van der Waals surface area contributed by atoms with Gasteiger partial charge in [0, 0.05) is 30.9 Å². The smallest absolute Gasteiger partial charge is 0.0742 e. The summed E-state index contributed by atoms with van der Waals surface area (Å²) in [7, 11) is 1.97. The van der Waals surface area contributed by atoms with Crippen LogP contribution in [-0.4, -0.2) is 47.6 Å². The van der Waals surface area contributed by atoms with Gasteiger partial charge in [0.2, 0.25) is 0 Å². The highest BCUT2D eigenvalue weighted by Crippen LogP contribution is 2.34. The van der Waals surface area contributed by atoms with Crippen molar-refractivity contribution in [2.45, 2.75) is 44.6 Å². The van der Waals surface area contributed by atoms with Crippen LogP contribution in [0.1, 0.15) is 42.9 Å². The van der Waals surface area contributed by atoms with Gasteiger partial charge in [0.05, 0.1) is 17.3 Å². The molecular weight excluding hydrogens is 406 g/mol. The molecule has 5 heteroatoms. The molecule has 5 rings (SSSR count). The van der Waals surface area contributed by atoms with E-state index in [9.17, 15) is 0 Å². The molecule has 3 aliphatic rings. The minimum absolute atomic E-state index is 0.323. The van der Waals surface area contributed by atoms with Crippen molar-refractivity contribution in [1.29, 1.82) is 0 Å². The van der Waals surface area contributed by atoms with Crippen LogP contribution >= 0.6 is 0 Å². The number of aromatic nitrogens is 1. The third kappa shape index (κ3) is 4.35. The fourth-order valence-corrected chi connectivity index (χ4v) is 5.71. The largest absolute Gasteiger partial charge is 0.403 e. The minimum Gasteiger partial charge on any atom is -0.403 e. The molecule has 0 saturated carbocycles. The van der Waals surface area contributed by atoms with E-state index in [0.717, 1.165) is 49.4 Å². The topological polar surface area (TPSA) is 57.4 Å². The fraction of sp³-hybridized carbons (Fsp3) is 0.393. The number of nitrogens with one attached hydrogen (secondary N) is 1. The number of rotatable bonds is 5. The number of fused-ring (bicyclic) bond motifs is 2. The first-order valence-corrected chi connectivity index (χ1v) is 12.2. The first-order chi connectivity index (χ1) is 16.2. The number of hydrazine groups is 1. The third-order valence-electron chi connectivity index (χ3n) is 7.47. The minimum atomic E-state index is 0.323. The van der Waals surface area contributed by atoms with E-state index in [2.05, 4.69) is 76.9 Å². The van der Waals surface area contributed by atoms with Crippen molar-refractivity contribution in [3.05, 3.63) is 88.9 Å². The lowest BCUT2D eigenvalue weighted by molar-refractivity contribution is 0.210. The Bertz CT molecular complexity index is 1130. The number of likely N-dealkylation sites (tertiary alicyclic amines) is 1. The maximum absolute atomic E-state index is 5.83. The fourth-order valence-electron chi connectivity index (χ4n) is 5.71. The molecule has 2 aromatic rings. The number of nitrogens with two attached hydrogens (primary N) is 1. The van der Waals surface area contributed by atoms with Crippen molar-refractivity contribution < 1.29 is 0 Å². The molecule has 3 N–H and O–H groups in total. The van der Waals surface area contributed by atoms with E-state index in [1.54, 1.807) is 6.20 Å². The van der Waals surface area contributed by atoms with Crippen molar-refractivity contribution in [3.8, 4) is 0 Å². The van der Waals surface area contributed by atoms with E-state index in [1.165, 1.54) is 34.9 Å². The summed E-state index contributed by atoms with van der Waals surface area (Å²) < 4.78 is 0. The molecule has 1 aliphatic carbocycles. The van der Waals surface area contributed by atoms with Gasteiger partial charge in [-0.1, -0.05) is 36.4 Å². The van der Waals surface area contributed by atoms with E-state index in [4.69, 9.17) is 10.7 Å². The number of piperidine rings is 1. The summed E-state index contributed by atoms with van der Waals surface area (Å²) in [6.45, 7) is 5.51. The van der Waals surface area contributed by atoms with Gasteiger partial charge in [0.1, 0.15) is 0 Å². The van der Waals surface area contributed by atoms with E-state index < -0.39 is 0 Å². The number of hydrogen-bond acceptors (Lipinski definition) is 5. The third-order valence-corrected chi connectivity index (χ3v) is 7.47. The molecular formula is C28H35N5. The van der Waals surface area contributed by atoms with Gasteiger partial charge in [-0.05, 0) is 86.5 Å². The zero-order valence-electron chi connectivity index (χ0n) is 19.8. The molecule has 0 spiro atoms. The summed E-state index contributed by atoms with van der Waals surface area (Å²) in [5, 5.41) is 3.51. The van der Waals surface area contributed by atoms with Crippen LogP contribution in [0.3, 0.4) is 0 Å². The van der Waals surface area contributed by atoms with Crippen molar-refractivity contribution in [2.24, 2.45) is 5.73 Å². The Kier molecular flexibility index (Phi) is 6.34. The molecule has 5 nitrogen and oxygen atoms in total. The zero-order valence-corrected chi connectivity index (χ0v) is 19.8. The van der Waals surface area contributed by atoms with Gasteiger partial charge in [-0.25, -0.2) is 5.43 Å². The van der Waals surface area contributed by atoms with Crippen molar-refractivity contribution in [1.82, 2.24) is 20.3 Å². The monoisotopic (exact) mass is 441 g/mol. The maximum Gasteiger partial charge on any atom is 0.0742 e. The van der Waals surface area contributed by atoms with Crippen molar-refractivity contribution in [2.75, 3.05) is 26.7 Å². The number of hydrogen-bond donors (Lipinski definition) is 2. The van der Waals surface area contributed by atoms with Gasteiger partial charge in [0.25, 0.3) is 0 Å². The molecule has 1 unspecified atom stereocenters. The average molecular weight is 442 g/mol. The highest BCUT2D eigenvalue weighted by atomic mass is 15.5. The molecule has 0 radical (unpaired) electrons. The highest BCUT2D eigenvalue weighted by molar-refractivity contribution is 5.83. The molecule has 3 heterocycles. The van der Waals surface area contributed by atoms with E-state index >= 15 is 0 Å². The number of pyridine rings is 1. The number of allylic oxidation sites excluding steroid dienone is 2. The molecule has 1 aromatic heterocycles. The molecule has 33 heavy (non-hydrogen) atoms. The second-order valence-electron chi connectivity index (χ2n) is 9.39. The lowest BCUT2D eigenvalue weighted by atomic mass is 9.86. The van der Waals surface area contributed by atoms with E-state index in [0.29, 0.717) is 12.0 Å². The van der Waals surface area contributed by atoms with Crippen LogP contribution in [0.15, 0.2) is 77.7 Å². The first-order valence-electron chi connectivity index (χ1n) is 12.2. The Morgan fingerprint density at radius 3 is 2.76 bits per heavy atom. The molecule has 0 amide bonds. The van der Waals surface area contributed by atoms with Gasteiger partial charge in [-0.2, -0.15) is 0 Å². The van der Waals surface area contributed by atoms with Gasteiger partial charge >= 0.3 is 0 Å². The molecule has 1 saturated heterocycles. The van der Waals surface area contributed by atoms with Gasteiger partial charge < -0.3 is 10.6 Å². The van der Waals surface area contributed by atoms with Gasteiger partial charge in [0.15, 0.2) is 0 Å². The van der Waals surface area contributed by atoms with Crippen LogP contribution in [0.25, 0.3) is 10.9 Å². The average Bonchev–Trinajstić information content (AvgIpc) is 2.86. The van der Waals surface area contributed by atoms with Crippen LogP contribution < -0.4 is 11.2 Å². The standard InChI is InChI=1S/C28H35N5/c1-20-9-11-26-24(6-4-7-27(26)31-20)22-14-17-32(18-15-22)16-13-21-5-3-8-28-25(21)12-10-23(19-29)33(28)30-2/h3-7,9-12,19,22,28,30H,8,13-18,29H2,1-2H3. The van der Waals surface area contributed by atoms with Gasteiger partial charge in [-0.15, -0.1) is 0 Å². The Morgan fingerprint density at radius 2 is 1.97 bits per heavy atom. The summed E-state index contributed by atoms with van der Waals surface area (Å²) in [5.74, 6) is 0.627. The van der Waals surface area contributed by atoms with Crippen LogP contribution in [0, 0.1) is 6.92 Å². The Morgan fingerprint density at radius 1 is 1.12 bits per heavy atom. The van der Waals surface area contributed by atoms with E-state index in [1.807, 2.05) is 7.05 Å². The molecule has 0 bridgehead atoms. The van der Waals surface area contributed by atoms with Crippen LogP contribution in [-0.2, 0) is 0 Å². The molecule has 1 fully saturated rings. The molecule has 1 aromatic carbocycles. The summed E-state index contributed by atoms with van der Waals surface area (Å²) in [6.07, 6.45) is 15.2. The summed E-state index contributed by atoms with van der Waals surface area (Å²) in [5.41, 5.74) is 16.8. The van der Waals surface area contributed by atoms with Crippen molar-refractivity contribution in [3.63, 3.8) is 0 Å². The van der Waals surface area contributed by atoms with Gasteiger partial charge in [-0.3, -0.25) is 9.99 Å². The van der Waals surface area contributed by atoms with Crippen molar-refractivity contribution >= 4 is 10.9 Å². The zero-order chi connectivity index (χ0) is 22.8. The summed E-state index contributed by atoms with van der Waals surface area (Å²) >= 11 is 0. The normalized spacial score (nSPS) is 23.0. The second kappa shape index (κ2) is 9.54. The number of nitrogens with zero attached hydrogens (tertiary/aromatic N) is 3. The number of aryl methyl sites for hydroxylation is 1. The van der Waals surface area contributed by atoms with Crippen LogP contribution in [0.2, 0.25) is 0 Å². The first kappa shape index (κ1) is 21.9. The van der Waals surface area contributed by atoms with Crippen LogP contribution in [0.5, 0.6) is 0 Å². The number of benzene rings is 1. The Balaban J connectivity index is 1.24. The lowest BCUT2D eigenvalue weighted by Gasteiger charge is -2.39. The van der Waals surface area contributed by atoms with Crippen LogP contribution in [0.4, 0.5) is 0 Å². The molecule has 1 atom stereocenters. The summed E-state index contributed by atoms with van der Waals surface area (Å²) in [6, 6.07) is 11.4. The Labute approximate surface area is 197 Å².